The topological polar surface area (TPSA) is 37.0 Å². The van der Waals surface area contributed by atoms with E-state index in [1.54, 1.807) is 0 Å². The van der Waals surface area contributed by atoms with Crippen molar-refractivity contribution in [2.24, 2.45) is 10.8 Å². The molecule has 0 saturated carbocycles. The van der Waals surface area contributed by atoms with E-state index in [2.05, 4.69) is 262 Å². The molecule has 0 atom stereocenters. The third-order valence-corrected chi connectivity index (χ3v) is 23.7. The van der Waals surface area contributed by atoms with Crippen molar-refractivity contribution in [3.63, 3.8) is 0 Å². The summed E-state index contributed by atoms with van der Waals surface area (Å²) in [5, 5.41) is 22.1. The molecule has 0 unspecified atom stereocenters. The smallest absolute Gasteiger partial charge is 0.193 e. The summed E-state index contributed by atoms with van der Waals surface area (Å²) in [6, 6.07) is 59.1. The van der Waals surface area contributed by atoms with Crippen LogP contribution in [0.15, 0.2) is 146 Å². The first-order valence-corrected chi connectivity index (χ1v) is 34.1. The maximum Gasteiger partial charge on any atom is 0.193 e. The Balaban J connectivity index is 1.09. The van der Waals surface area contributed by atoms with Gasteiger partial charge in [-0.3, -0.25) is 0 Å². The van der Waals surface area contributed by atoms with Crippen LogP contribution < -0.4 is 0 Å². The average Bonchev–Trinajstić information content (AvgIpc) is 1.44. The maximum absolute atomic E-state index is 11.9. The van der Waals surface area contributed by atoms with Crippen LogP contribution >= 0.6 is 0 Å². The highest BCUT2D eigenvalue weighted by Crippen LogP contribution is 2.64. The molecule has 21 rings (SSSR count). The van der Waals surface area contributed by atoms with Gasteiger partial charge in [-0.25, -0.2) is 4.85 Å². The van der Waals surface area contributed by atoms with Gasteiger partial charge in [-0.05, 0) is 260 Å². The summed E-state index contributed by atoms with van der Waals surface area (Å²) in [5.41, 5.74) is 42.2. The van der Waals surface area contributed by atoms with E-state index in [0.29, 0.717) is 0 Å². The highest BCUT2D eigenvalue weighted by Gasteiger charge is 2.47. The zero-order chi connectivity index (χ0) is 64.5. The van der Waals surface area contributed by atoms with E-state index in [4.69, 9.17) is 0 Å². The van der Waals surface area contributed by atoms with E-state index in [0.717, 1.165) is 35.1 Å². The molecule has 0 radical (unpaired) electrons. The molecular formula is C90H74N4. The Kier molecular flexibility index (Phi) is 10.9. The maximum atomic E-state index is 11.9. The molecule has 15 aromatic rings. The summed E-state index contributed by atoms with van der Waals surface area (Å²) in [5.74, 6) is -0.235. The number of fused-ring (bicyclic) bond motifs is 12. The predicted molar refractivity (Wildman–Crippen MR) is 391 cm³/mol. The molecule has 0 N–H and O–H groups in total. The molecule has 0 amide bonds. The van der Waals surface area contributed by atoms with E-state index in [1.165, 1.54) is 210 Å². The summed E-state index contributed by atoms with van der Waals surface area (Å²) < 4.78 is 5.42. The molecule has 6 aliphatic carbocycles. The van der Waals surface area contributed by atoms with E-state index in [1.807, 2.05) is 0 Å². The van der Waals surface area contributed by atoms with Crippen molar-refractivity contribution in [3.05, 3.63) is 285 Å². The van der Waals surface area contributed by atoms with Gasteiger partial charge in [0.05, 0.1) is 45.8 Å². The first-order chi connectivity index (χ1) is 45.2. The van der Waals surface area contributed by atoms with Crippen molar-refractivity contribution in [2.75, 3.05) is 0 Å². The molecule has 6 aliphatic rings. The Hall–Kier alpha value is -10.0. The first kappa shape index (κ1) is 55.6. The molecule has 94 heavy (non-hydrogen) atoms. The molecule has 0 fully saturated rings. The van der Waals surface area contributed by atoms with Crippen molar-refractivity contribution < 1.29 is 0 Å². The quantitative estimate of drug-likeness (QED) is 0.162. The number of nitrogens with zero attached hydrogens (tertiary/aromatic N) is 4. The average molecular weight is 1210 g/mol. The lowest BCUT2D eigenvalue weighted by Gasteiger charge is -2.43. The van der Waals surface area contributed by atoms with Crippen LogP contribution in [0.25, 0.3) is 103 Å². The molecule has 454 valence electrons. The molecular weight excluding hydrogens is 1140 g/mol. The monoisotopic (exact) mass is 1210 g/mol. The minimum atomic E-state index is -0.167. The fourth-order valence-electron chi connectivity index (χ4n) is 19.9. The van der Waals surface area contributed by atoms with Crippen molar-refractivity contribution in [1.29, 1.82) is 5.26 Å². The Labute approximate surface area is 550 Å². The molecule has 4 nitrogen and oxygen atoms in total. The summed E-state index contributed by atoms with van der Waals surface area (Å²) in [6.07, 6.45) is 1.59. The Bertz CT molecular complexity index is 5610. The summed E-state index contributed by atoms with van der Waals surface area (Å²) in [6.45, 7) is 42.4. The zero-order valence-corrected chi connectivity index (χ0v) is 56.4. The minimum absolute atomic E-state index is 0.0505. The third kappa shape index (κ3) is 6.86. The van der Waals surface area contributed by atoms with Gasteiger partial charge in [0, 0.05) is 72.3 Å². The number of rotatable bonds is 4. The van der Waals surface area contributed by atoms with Crippen LogP contribution in [0.3, 0.4) is 0 Å². The highest BCUT2D eigenvalue weighted by atomic mass is 15.0. The fourth-order valence-corrected chi connectivity index (χ4v) is 19.9. The molecule has 0 spiro atoms. The van der Waals surface area contributed by atoms with Gasteiger partial charge >= 0.3 is 0 Å². The third-order valence-electron chi connectivity index (χ3n) is 23.7. The van der Waals surface area contributed by atoms with Crippen LogP contribution in [0.2, 0.25) is 0 Å². The van der Waals surface area contributed by atoms with Gasteiger partial charge in [0.15, 0.2) is 5.69 Å². The number of aromatic nitrogens is 2. The first-order valence-electron chi connectivity index (χ1n) is 34.1. The largest absolute Gasteiger partial charge is 0.309 e. The van der Waals surface area contributed by atoms with Gasteiger partial charge in [0.25, 0.3) is 0 Å². The van der Waals surface area contributed by atoms with Crippen LogP contribution in [-0.4, -0.2) is 8.80 Å². The normalized spacial score (nSPS) is 16.9. The lowest BCUT2D eigenvalue weighted by molar-refractivity contribution is 0.411. The lowest BCUT2D eigenvalue weighted by Crippen LogP contribution is -2.28. The van der Waals surface area contributed by atoms with Gasteiger partial charge in [0.1, 0.15) is 0 Å². The second kappa shape index (κ2) is 18.4. The van der Waals surface area contributed by atoms with Crippen LogP contribution in [0.1, 0.15) is 193 Å². The molecule has 4 heteroatoms. The zero-order valence-electron chi connectivity index (χ0n) is 56.4. The van der Waals surface area contributed by atoms with Crippen molar-refractivity contribution in [3.8, 4) is 28.3 Å². The molecule has 4 bridgehead atoms. The van der Waals surface area contributed by atoms with Crippen LogP contribution in [0.5, 0.6) is 0 Å². The van der Waals surface area contributed by atoms with Crippen molar-refractivity contribution in [1.82, 2.24) is 8.80 Å². The second-order valence-corrected chi connectivity index (χ2v) is 31.4. The number of benzene rings is 11. The number of hydrogen-bond donors (Lipinski definition) is 0. The van der Waals surface area contributed by atoms with Crippen molar-refractivity contribution >= 4 is 81.9 Å². The van der Waals surface area contributed by atoms with E-state index < -0.39 is 0 Å². The van der Waals surface area contributed by atoms with E-state index in [-0.39, 0.29) is 34.5 Å². The lowest BCUT2D eigenvalue weighted by atomic mass is 9.59. The SMILES string of the molecule is [C-]#[N+]c1cc2c(c3c1C1c4ccccc4C3c3ccccc31)c1cc(-c3c(C)c(C)cc(C)c3C)cc3c4c(CC(C)(C)C)c5c(c(CC(C)(C)C)c4n2c13)c1cc(-c2c(C)c(C)cc(C)c2C)cc2c3c4c(c(C#N)cc3n5c21)C1c2ccccc2C4c2ccccc21. The Morgan fingerprint density at radius 1 is 0.394 bits per heavy atom. The van der Waals surface area contributed by atoms with E-state index in [9.17, 15) is 11.8 Å². The number of hydrogen-bond acceptors (Lipinski definition) is 1. The van der Waals surface area contributed by atoms with Crippen molar-refractivity contribution in [2.45, 2.75) is 133 Å². The van der Waals surface area contributed by atoms with Gasteiger partial charge < -0.3 is 8.80 Å². The minimum Gasteiger partial charge on any atom is -0.309 e. The molecule has 4 aromatic heterocycles. The van der Waals surface area contributed by atoms with Gasteiger partial charge in [-0.15, -0.1) is 0 Å². The summed E-state index contributed by atoms with van der Waals surface area (Å²) >= 11 is 0. The van der Waals surface area contributed by atoms with Crippen LogP contribution in [0.4, 0.5) is 5.69 Å². The van der Waals surface area contributed by atoms with Crippen LogP contribution in [0, 0.1) is 84.1 Å². The second-order valence-electron chi connectivity index (χ2n) is 31.4. The van der Waals surface area contributed by atoms with Gasteiger partial charge in [0.2, 0.25) is 0 Å². The molecule has 11 aromatic carbocycles. The predicted octanol–water partition coefficient (Wildman–Crippen LogP) is 23.4. The fraction of sp³-hybridized carbons (Fsp3) is 0.244. The number of aryl methyl sites for hydroxylation is 4. The van der Waals surface area contributed by atoms with Gasteiger partial charge in [-0.2, -0.15) is 5.26 Å². The highest BCUT2D eigenvalue weighted by molar-refractivity contribution is 6.33. The van der Waals surface area contributed by atoms with Crippen LogP contribution in [-0.2, 0) is 12.8 Å². The molecule has 4 heterocycles. The van der Waals surface area contributed by atoms with Gasteiger partial charge in [-0.1, -0.05) is 151 Å². The van der Waals surface area contributed by atoms with E-state index >= 15 is 0 Å². The molecule has 0 aliphatic heterocycles. The Morgan fingerprint density at radius 2 is 0.702 bits per heavy atom. The molecule has 0 saturated heterocycles. The number of nitriles is 1. The standard InChI is InChI=1S/C90H74N4/c1-43-32-44(2)48(6)71(47(43)5)51-34-62-78-67(41-90(12,13)14)88-79(66(40-89(9,10)11)87(78)93-69-38-53(42-91)73-74-54-24-16-20-28-58(54)76(59-29-21-17-25-55(59)74)83(73)80(69)64(36-51)85(62)93)63-35-52(72-49(7)45(3)33-46(4)50(72)8)37-65-81-70(94(88)86(63)65)39-68(92-15)82-75-56-26-18-22-30-60(56)77(84(81)82)61-31-23-19-27-57(61)75/h16-39,74-77H,40-41H2,1-14H3. The summed E-state index contributed by atoms with van der Waals surface area (Å²) in [4.78, 5) is 4.66. The Morgan fingerprint density at radius 3 is 1.03 bits per heavy atom. The summed E-state index contributed by atoms with van der Waals surface area (Å²) in [7, 11) is 0.